The van der Waals surface area contributed by atoms with Crippen LogP contribution < -0.4 is 10.2 Å². The van der Waals surface area contributed by atoms with E-state index in [1.165, 1.54) is 22.6 Å². The van der Waals surface area contributed by atoms with Gasteiger partial charge in [-0.25, -0.2) is 0 Å². The van der Waals surface area contributed by atoms with Crippen molar-refractivity contribution in [1.29, 1.82) is 0 Å². The van der Waals surface area contributed by atoms with Crippen LogP contribution in [0.3, 0.4) is 0 Å². The highest BCUT2D eigenvalue weighted by Crippen LogP contribution is 2.37. The van der Waals surface area contributed by atoms with Crippen LogP contribution in [0, 0.1) is 0 Å². The molecule has 1 aromatic heterocycles. The maximum Gasteiger partial charge on any atom is 0.261 e. The van der Waals surface area contributed by atoms with Crippen molar-refractivity contribution in [2.75, 3.05) is 31.1 Å². The molecule has 1 aromatic carbocycles. The number of likely N-dealkylation sites (tertiary alicyclic amines) is 1. The monoisotopic (exact) mass is 369 g/mol. The third kappa shape index (κ3) is 3.46. The molecule has 1 fully saturated rings. The fourth-order valence-electron chi connectivity index (χ4n) is 3.66. The average molecular weight is 369 g/mol. The van der Waals surface area contributed by atoms with Gasteiger partial charge in [-0.05, 0) is 43.0 Å². The van der Waals surface area contributed by atoms with Gasteiger partial charge in [0.05, 0.1) is 9.88 Å². The smallest absolute Gasteiger partial charge is 0.261 e. The number of benzene rings is 1. The van der Waals surface area contributed by atoms with Crippen molar-refractivity contribution in [1.82, 2.24) is 10.2 Å². The van der Waals surface area contributed by atoms with Gasteiger partial charge in [0, 0.05) is 38.3 Å². The third-order valence-electron chi connectivity index (χ3n) is 5.03. The molecule has 0 unspecified atom stereocenters. The largest absolute Gasteiger partial charge is 0.351 e. The first-order chi connectivity index (χ1) is 12.7. The van der Waals surface area contributed by atoms with E-state index in [1.807, 2.05) is 17.0 Å². The number of nitrogens with one attached hydrogen (secondary N) is 1. The second-order valence-corrected chi connectivity index (χ2v) is 7.82. The minimum atomic E-state index is -0.0264. The van der Waals surface area contributed by atoms with Crippen LogP contribution in [-0.2, 0) is 11.2 Å². The number of rotatable bonds is 6. The van der Waals surface area contributed by atoms with E-state index >= 15 is 0 Å². The van der Waals surface area contributed by atoms with Gasteiger partial charge in [-0.3, -0.25) is 9.59 Å². The summed E-state index contributed by atoms with van der Waals surface area (Å²) in [6, 6.07) is 12.4. The van der Waals surface area contributed by atoms with Gasteiger partial charge in [-0.1, -0.05) is 18.2 Å². The Labute approximate surface area is 157 Å². The maximum atomic E-state index is 12.4. The van der Waals surface area contributed by atoms with Crippen molar-refractivity contribution in [2.24, 2.45) is 0 Å². The Balaban J connectivity index is 1.30. The van der Waals surface area contributed by atoms with Gasteiger partial charge < -0.3 is 15.1 Å². The summed E-state index contributed by atoms with van der Waals surface area (Å²) < 4.78 is 0. The normalized spacial score (nSPS) is 16.2. The van der Waals surface area contributed by atoms with Crippen LogP contribution in [0.4, 0.5) is 10.7 Å². The molecule has 26 heavy (non-hydrogen) atoms. The number of amides is 2. The van der Waals surface area contributed by atoms with E-state index in [1.54, 1.807) is 0 Å². The first-order valence-electron chi connectivity index (χ1n) is 9.23. The van der Waals surface area contributed by atoms with E-state index in [0.717, 1.165) is 48.8 Å². The molecule has 136 valence electrons. The van der Waals surface area contributed by atoms with Gasteiger partial charge in [0.2, 0.25) is 5.91 Å². The zero-order valence-corrected chi connectivity index (χ0v) is 15.6. The summed E-state index contributed by atoms with van der Waals surface area (Å²) in [5, 5.41) is 4.09. The first kappa shape index (κ1) is 17.1. The molecule has 6 heteroatoms. The number of carbonyl (C=O) groups excluding carboxylic acids is 2. The van der Waals surface area contributed by atoms with Crippen molar-refractivity contribution < 1.29 is 9.59 Å². The Hall–Kier alpha value is -2.34. The molecule has 0 atom stereocenters. The number of hydrogen-bond donors (Lipinski definition) is 1. The lowest BCUT2D eigenvalue weighted by molar-refractivity contribution is -0.127. The molecule has 5 nitrogen and oxygen atoms in total. The lowest BCUT2D eigenvalue weighted by Crippen LogP contribution is -2.30. The highest BCUT2D eigenvalue weighted by molar-refractivity contribution is 7.18. The predicted octanol–water partition coefficient (Wildman–Crippen LogP) is 3.18. The van der Waals surface area contributed by atoms with Crippen LogP contribution in [0.1, 0.15) is 34.5 Å². The average Bonchev–Trinajstić information content (AvgIpc) is 3.38. The molecule has 0 aliphatic carbocycles. The number of hydrogen-bond acceptors (Lipinski definition) is 4. The Morgan fingerprint density at radius 1 is 1.12 bits per heavy atom. The summed E-state index contributed by atoms with van der Waals surface area (Å²) in [4.78, 5) is 28.9. The molecule has 1 N–H and O–H groups in total. The Bertz CT molecular complexity index is 817. The molecule has 2 aromatic rings. The third-order valence-corrected chi connectivity index (χ3v) is 6.14. The van der Waals surface area contributed by atoms with Gasteiger partial charge in [-0.15, -0.1) is 11.3 Å². The number of anilines is 2. The molecule has 2 aliphatic rings. The topological polar surface area (TPSA) is 52.7 Å². The van der Waals surface area contributed by atoms with Gasteiger partial charge in [-0.2, -0.15) is 0 Å². The van der Waals surface area contributed by atoms with Crippen LogP contribution in [-0.4, -0.2) is 42.9 Å². The molecule has 0 spiro atoms. The van der Waals surface area contributed by atoms with Crippen LogP contribution >= 0.6 is 11.3 Å². The minimum Gasteiger partial charge on any atom is -0.351 e. The van der Waals surface area contributed by atoms with E-state index in [2.05, 4.69) is 34.5 Å². The Morgan fingerprint density at radius 3 is 2.85 bits per heavy atom. The number of fused-ring (bicyclic) bond motifs is 1. The Morgan fingerprint density at radius 2 is 2.00 bits per heavy atom. The van der Waals surface area contributed by atoms with Crippen LogP contribution in [0.15, 0.2) is 36.4 Å². The highest BCUT2D eigenvalue weighted by Gasteiger charge is 2.22. The van der Waals surface area contributed by atoms with E-state index in [-0.39, 0.29) is 11.8 Å². The fourth-order valence-corrected chi connectivity index (χ4v) is 4.62. The van der Waals surface area contributed by atoms with E-state index in [9.17, 15) is 9.59 Å². The lowest BCUT2D eigenvalue weighted by atomic mass is 10.2. The summed E-state index contributed by atoms with van der Waals surface area (Å²) in [7, 11) is 0. The van der Waals surface area contributed by atoms with Gasteiger partial charge in [0.25, 0.3) is 5.91 Å². The number of nitrogens with zero attached hydrogens (tertiary/aromatic N) is 2. The summed E-state index contributed by atoms with van der Waals surface area (Å²) >= 11 is 1.53. The molecule has 4 rings (SSSR count). The lowest BCUT2D eigenvalue weighted by Gasteiger charge is -2.16. The van der Waals surface area contributed by atoms with E-state index in [0.29, 0.717) is 13.0 Å². The second kappa shape index (κ2) is 7.50. The first-order valence-corrected chi connectivity index (χ1v) is 10.1. The second-order valence-electron chi connectivity index (χ2n) is 6.76. The van der Waals surface area contributed by atoms with Crippen molar-refractivity contribution in [3.8, 4) is 0 Å². The van der Waals surface area contributed by atoms with Gasteiger partial charge in [0.1, 0.15) is 0 Å². The summed E-state index contributed by atoms with van der Waals surface area (Å²) in [6.45, 7) is 3.16. The van der Waals surface area contributed by atoms with E-state index < -0.39 is 0 Å². The zero-order chi connectivity index (χ0) is 17.9. The summed E-state index contributed by atoms with van der Waals surface area (Å²) in [5.41, 5.74) is 2.61. The molecule has 0 bridgehead atoms. The molecule has 2 amide bonds. The predicted molar refractivity (Wildman–Crippen MR) is 104 cm³/mol. The molecule has 3 heterocycles. The molecule has 2 aliphatic heterocycles. The highest BCUT2D eigenvalue weighted by atomic mass is 32.1. The number of carbonyl (C=O) groups is 2. The number of thiophene rings is 1. The summed E-state index contributed by atoms with van der Waals surface area (Å²) in [5.74, 6) is 0.214. The van der Waals surface area contributed by atoms with Crippen LogP contribution in [0.25, 0.3) is 0 Å². The maximum absolute atomic E-state index is 12.4. The molecular weight excluding hydrogens is 346 g/mol. The molecule has 1 saturated heterocycles. The Kier molecular flexibility index (Phi) is 4.93. The van der Waals surface area contributed by atoms with Crippen molar-refractivity contribution in [2.45, 2.75) is 25.7 Å². The quantitative estimate of drug-likeness (QED) is 0.796. The van der Waals surface area contributed by atoms with Crippen molar-refractivity contribution in [3.05, 3.63) is 46.8 Å². The van der Waals surface area contributed by atoms with Crippen LogP contribution in [0.2, 0.25) is 0 Å². The van der Waals surface area contributed by atoms with E-state index in [4.69, 9.17) is 0 Å². The standard InChI is InChI=1S/C20H23N3O2S/c24-18-7-3-12-22(18)13-4-11-21-20(25)17-8-9-19(26-17)23-14-10-15-5-1-2-6-16(15)23/h1-2,5-6,8-9H,3-4,7,10-14H2,(H,21,25). The molecule has 0 radical (unpaired) electrons. The number of para-hydroxylation sites is 1. The van der Waals surface area contributed by atoms with Gasteiger partial charge >= 0.3 is 0 Å². The summed E-state index contributed by atoms with van der Waals surface area (Å²) in [6.07, 6.45) is 3.48. The SMILES string of the molecule is O=C(NCCCN1CCCC1=O)c1ccc(N2CCc3ccccc32)s1. The van der Waals surface area contributed by atoms with Crippen molar-refractivity contribution >= 4 is 33.8 Å². The van der Waals surface area contributed by atoms with Crippen LogP contribution in [0.5, 0.6) is 0 Å². The van der Waals surface area contributed by atoms with Crippen molar-refractivity contribution in [3.63, 3.8) is 0 Å². The molecule has 0 saturated carbocycles. The van der Waals surface area contributed by atoms with Gasteiger partial charge in [0.15, 0.2) is 0 Å². The minimum absolute atomic E-state index is 0.0264. The zero-order valence-electron chi connectivity index (χ0n) is 14.7. The fraction of sp³-hybridized carbons (Fsp3) is 0.400. The molecular formula is C20H23N3O2S.